The third-order valence-corrected chi connectivity index (χ3v) is 6.66. The minimum Gasteiger partial charge on any atom is -0.498 e. The lowest BCUT2D eigenvalue weighted by Crippen LogP contribution is -2.34. The first kappa shape index (κ1) is 20.1. The lowest BCUT2D eigenvalue weighted by Gasteiger charge is -2.33. The van der Waals surface area contributed by atoms with Gasteiger partial charge in [0.2, 0.25) is 0 Å². The maximum absolute atomic E-state index is 13.1. The fourth-order valence-electron chi connectivity index (χ4n) is 4.79. The Hall–Kier alpha value is -2.17. The Morgan fingerprint density at radius 2 is 1.90 bits per heavy atom. The molecule has 1 aliphatic heterocycles. The molecule has 0 spiro atoms. The summed E-state index contributed by atoms with van der Waals surface area (Å²) in [6.45, 7) is 5.17. The topological polar surface area (TPSA) is 38.8 Å². The summed E-state index contributed by atoms with van der Waals surface area (Å²) in [6, 6.07) is 10.7. The highest BCUT2D eigenvalue weighted by molar-refractivity contribution is 6.12. The number of hydrogen-bond donors (Lipinski definition) is 0. The number of ether oxygens (including phenoxy) is 2. The van der Waals surface area contributed by atoms with Gasteiger partial charge in [0, 0.05) is 37.6 Å². The maximum atomic E-state index is 13.1. The summed E-state index contributed by atoms with van der Waals surface area (Å²) < 4.78 is 11.2. The van der Waals surface area contributed by atoms with E-state index in [1.807, 2.05) is 13.0 Å². The lowest BCUT2D eigenvalue weighted by molar-refractivity contribution is -0.112. The molecule has 0 bridgehead atoms. The Balaban J connectivity index is 1.39. The average Bonchev–Trinajstić information content (AvgIpc) is 3.04. The molecule has 1 saturated heterocycles. The van der Waals surface area contributed by atoms with E-state index in [0.29, 0.717) is 12.3 Å². The number of piperidine rings is 1. The molecule has 3 aliphatic rings. The number of benzene rings is 1. The number of carbonyl (C=O) groups excluding carboxylic acids is 1. The van der Waals surface area contributed by atoms with Crippen LogP contribution in [-0.4, -0.2) is 43.6 Å². The van der Waals surface area contributed by atoms with Crippen LogP contribution in [0.5, 0.6) is 0 Å². The molecule has 1 unspecified atom stereocenters. The molecule has 1 fully saturated rings. The third-order valence-electron chi connectivity index (χ3n) is 6.66. The second-order valence-electron chi connectivity index (χ2n) is 8.63. The summed E-state index contributed by atoms with van der Waals surface area (Å²) in [6.07, 6.45) is 7.82. The van der Waals surface area contributed by atoms with E-state index in [2.05, 4.69) is 41.3 Å². The zero-order valence-electron chi connectivity index (χ0n) is 17.7. The number of ketones is 1. The van der Waals surface area contributed by atoms with Crippen LogP contribution < -0.4 is 0 Å². The second kappa shape index (κ2) is 8.29. The second-order valence-corrected chi connectivity index (χ2v) is 8.63. The minimum absolute atomic E-state index is 0.210. The maximum Gasteiger partial charge on any atom is 0.185 e. The van der Waals surface area contributed by atoms with Crippen molar-refractivity contribution in [2.24, 2.45) is 5.92 Å². The first-order chi connectivity index (χ1) is 14.0. The molecule has 1 heterocycles. The molecule has 1 atom stereocenters. The zero-order valence-corrected chi connectivity index (χ0v) is 17.7. The van der Waals surface area contributed by atoms with E-state index in [-0.39, 0.29) is 5.78 Å². The van der Waals surface area contributed by atoms with E-state index >= 15 is 0 Å². The van der Waals surface area contributed by atoms with Crippen molar-refractivity contribution >= 4 is 5.78 Å². The molecule has 4 rings (SSSR count). The summed E-state index contributed by atoms with van der Waals surface area (Å²) in [4.78, 5) is 15.6. The molecule has 4 nitrogen and oxygen atoms in total. The Labute approximate surface area is 173 Å². The molecule has 29 heavy (non-hydrogen) atoms. The van der Waals surface area contributed by atoms with Gasteiger partial charge in [-0.05, 0) is 56.0 Å². The molecular weight excluding hydrogens is 362 g/mol. The van der Waals surface area contributed by atoms with Crippen LogP contribution in [-0.2, 0) is 20.8 Å². The SMILES string of the molecule is COC1=CC2=C(CC1(C)OC)C(=O)/C(=C\C1CCN(Cc3ccccc3)CC1)C2. The standard InChI is InChI=1S/C25H31NO3/c1-25(29-3)16-22-20(15-23(25)28-2)14-21(24(22)27)13-18-9-11-26(12-10-18)17-19-7-5-4-6-8-19/h4-8,13,15,18H,9-12,14,16-17H2,1-3H3/b21-13-. The van der Waals surface area contributed by atoms with Gasteiger partial charge in [0.05, 0.1) is 7.11 Å². The monoisotopic (exact) mass is 393 g/mol. The molecule has 0 radical (unpaired) electrons. The molecule has 1 aromatic carbocycles. The number of rotatable bonds is 5. The molecule has 2 aliphatic carbocycles. The van der Waals surface area contributed by atoms with Gasteiger partial charge in [-0.3, -0.25) is 9.69 Å². The summed E-state index contributed by atoms with van der Waals surface area (Å²) in [7, 11) is 3.35. The first-order valence-corrected chi connectivity index (χ1v) is 10.6. The van der Waals surface area contributed by atoms with Gasteiger partial charge in [0.15, 0.2) is 5.78 Å². The number of nitrogens with zero attached hydrogens (tertiary/aromatic N) is 1. The quantitative estimate of drug-likeness (QED) is 0.694. The summed E-state index contributed by atoms with van der Waals surface area (Å²) >= 11 is 0. The van der Waals surface area contributed by atoms with Gasteiger partial charge in [0.1, 0.15) is 11.4 Å². The first-order valence-electron chi connectivity index (χ1n) is 10.6. The Bertz CT molecular complexity index is 859. The molecule has 0 amide bonds. The van der Waals surface area contributed by atoms with Crippen molar-refractivity contribution in [1.29, 1.82) is 0 Å². The van der Waals surface area contributed by atoms with Gasteiger partial charge in [-0.25, -0.2) is 0 Å². The molecule has 0 saturated carbocycles. The van der Waals surface area contributed by atoms with Gasteiger partial charge in [-0.15, -0.1) is 0 Å². The van der Waals surface area contributed by atoms with Gasteiger partial charge < -0.3 is 9.47 Å². The van der Waals surface area contributed by atoms with Crippen LogP contribution in [0.15, 0.2) is 65.0 Å². The van der Waals surface area contributed by atoms with Crippen LogP contribution in [0.3, 0.4) is 0 Å². The van der Waals surface area contributed by atoms with E-state index < -0.39 is 5.60 Å². The Kier molecular flexibility index (Phi) is 5.75. The number of Topliss-reactive ketones (excluding diaryl/α,β-unsaturated/α-hetero) is 1. The minimum atomic E-state index is -0.554. The summed E-state index contributed by atoms with van der Waals surface area (Å²) in [5.41, 5.74) is 3.79. The Morgan fingerprint density at radius 1 is 1.17 bits per heavy atom. The number of allylic oxidation sites excluding steroid dienone is 4. The van der Waals surface area contributed by atoms with Crippen molar-refractivity contribution in [2.75, 3.05) is 27.3 Å². The van der Waals surface area contributed by atoms with Crippen molar-refractivity contribution in [3.63, 3.8) is 0 Å². The Morgan fingerprint density at radius 3 is 2.55 bits per heavy atom. The summed E-state index contributed by atoms with van der Waals surface area (Å²) in [5, 5.41) is 0. The van der Waals surface area contributed by atoms with Crippen LogP contribution in [0.2, 0.25) is 0 Å². The van der Waals surface area contributed by atoms with E-state index in [9.17, 15) is 4.79 Å². The fraction of sp³-hybridized carbons (Fsp3) is 0.480. The van der Waals surface area contributed by atoms with E-state index in [1.54, 1.807) is 14.2 Å². The van der Waals surface area contributed by atoms with E-state index in [0.717, 1.165) is 61.4 Å². The van der Waals surface area contributed by atoms with E-state index in [1.165, 1.54) is 5.56 Å². The van der Waals surface area contributed by atoms with Gasteiger partial charge in [0.25, 0.3) is 0 Å². The van der Waals surface area contributed by atoms with Crippen LogP contribution in [0, 0.1) is 5.92 Å². The molecular formula is C25H31NO3. The van der Waals surface area contributed by atoms with Crippen molar-refractivity contribution < 1.29 is 14.3 Å². The number of methoxy groups -OCH3 is 2. The van der Waals surface area contributed by atoms with Crippen LogP contribution >= 0.6 is 0 Å². The highest BCUT2D eigenvalue weighted by Crippen LogP contribution is 2.43. The predicted molar refractivity (Wildman–Crippen MR) is 114 cm³/mol. The molecule has 4 heteroatoms. The highest BCUT2D eigenvalue weighted by atomic mass is 16.5. The summed E-state index contributed by atoms with van der Waals surface area (Å²) in [5.74, 6) is 1.51. The lowest BCUT2D eigenvalue weighted by atomic mass is 9.86. The average molecular weight is 394 g/mol. The number of hydrogen-bond acceptors (Lipinski definition) is 4. The van der Waals surface area contributed by atoms with Crippen molar-refractivity contribution in [3.8, 4) is 0 Å². The fourth-order valence-corrected chi connectivity index (χ4v) is 4.79. The smallest absolute Gasteiger partial charge is 0.185 e. The molecule has 0 N–H and O–H groups in total. The third kappa shape index (κ3) is 4.10. The van der Waals surface area contributed by atoms with Crippen molar-refractivity contribution in [1.82, 2.24) is 4.90 Å². The number of carbonyl (C=O) groups is 1. The van der Waals surface area contributed by atoms with Crippen LogP contribution in [0.25, 0.3) is 0 Å². The van der Waals surface area contributed by atoms with Gasteiger partial charge in [-0.2, -0.15) is 0 Å². The normalized spacial score (nSPS) is 27.3. The van der Waals surface area contributed by atoms with Gasteiger partial charge in [-0.1, -0.05) is 36.4 Å². The number of likely N-dealkylation sites (tertiary alicyclic amines) is 1. The largest absolute Gasteiger partial charge is 0.498 e. The molecule has 0 aromatic heterocycles. The highest BCUT2D eigenvalue weighted by Gasteiger charge is 2.41. The molecule has 154 valence electrons. The van der Waals surface area contributed by atoms with Crippen LogP contribution in [0.1, 0.15) is 38.2 Å². The van der Waals surface area contributed by atoms with Crippen LogP contribution in [0.4, 0.5) is 0 Å². The zero-order chi connectivity index (χ0) is 20.4. The van der Waals surface area contributed by atoms with Gasteiger partial charge >= 0.3 is 0 Å². The predicted octanol–water partition coefficient (Wildman–Crippen LogP) is 4.43. The van der Waals surface area contributed by atoms with E-state index in [4.69, 9.17) is 9.47 Å². The van der Waals surface area contributed by atoms with Crippen molar-refractivity contribution in [2.45, 2.75) is 44.8 Å². The van der Waals surface area contributed by atoms with Crippen molar-refractivity contribution in [3.05, 3.63) is 70.5 Å². The molecule has 1 aromatic rings.